The van der Waals surface area contributed by atoms with Gasteiger partial charge in [-0.2, -0.15) is 0 Å². The van der Waals surface area contributed by atoms with Crippen LogP contribution in [-0.2, 0) is 42.1 Å². The SMILES string of the molecule is COC(=O)/C=C(/C(=O)OC)c1ccc2n1CCc1c-2n(S(=O)(=O)c2ccc(C)cc2)c2ccccc12. The molecule has 2 aromatic carbocycles. The van der Waals surface area contributed by atoms with Crippen molar-refractivity contribution in [3.63, 3.8) is 0 Å². The molecule has 0 aliphatic carbocycles. The van der Waals surface area contributed by atoms with Crippen LogP contribution in [0.5, 0.6) is 0 Å². The smallest absolute Gasteiger partial charge is 0.340 e. The van der Waals surface area contributed by atoms with E-state index in [-0.39, 0.29) is 10.5 Å². The molecule has 4 aromatic rings. The number of benzene rings is 2. The predicted octanol–water partition coefficient (Wildman–Crippen LogP) is 3.94. The third-order valence-corrected chi connectivity index (χ3v) is 8.18. The molecule has 36 heavy (non-hydrogen) atoms. The molecule has 0 spiro atoms. The average Bonchev–Trinajstić information content (AvgIpc) is 3.46. The van der Waals surface area contributed by atoms with Crippen molar-refractivity contribution < 1.29 is 27.5 Å². The maximum Gasteiger partial charge on any atom is 0.340 e. The molecule has 0 unspecified atom stereocenters. The van der Waals surface area contributed by atoms with Gasteiger partial charge in [0.15, 0.2) is 0 Å². The number of carbonyl (C=O) groups excluding carboxylic acids is 2. The first kappa shape index (κ1) is 23.6. The fourth-order valence-electron chi connectivity index (χ4n) is 4.75. The van der Waals surface area contributed by atoms with Crippen molar-refractivity contribution in [1.82, 2.24) is 8.54 Å². The van der Waals surface area contributed by atoms with Crippen LogP contribution in [0, 0.1) is 6.92 Å². The molecule has 9 heteroatoms. The molecule has 8 nitrogen and oxygen atoms in total. The highest BCUT2D eigenvalue weighted by Gasteiger charge is 2.33. The summed E-state index contributed by atoms with van der Waals surface area (Å²) in [4.78, 5) is 24.7. The van der Waals surface area contributed by atoms with E-state index in [0.29, 0.717) is 35.6 Å². The van der Waals surface area contributed by atoms with Crippen LogP contribution in [0.25, 0.3) is 27.9 Å². The summed E-state index contributed by atoms with van der Waals surface area (Å²) < 4.78 is 40.8. The molecular formula is C27H24N2O6S. The monoisotopic (exact) mass is 504 g/mol. The second-order valence-corrected chi connectivity index (χ2v) is 10.3. The van der Waals surface area contributed by atoms with Crippen molar-refractivity contribution in [2.45, 2.75) is 24.8 Å². The van der Waals surface area contributed by atoms with Crippen LogP contribution in [0.3, 0.4) is 0 Å². The Morgan fingerprint density at radius 2 is 1.67 bits per heavy atom. The van der Waals surface area contributed by atoms with Crippen LogP contribution in [-0.4, -0.2) is 43.1 Å². The quantitative estimate of drug-likeness (QED) is 0.302. The van der Waals surface area contributed by atoms with Gasteiger partial charge in [-0.1, -0.05) is 35.9 Å². The van der Waals surface area contributed by atoms with Gasteiger partial charge >= 0.3 is 11.9 Å². The van der Waals surface area contributed by atoms with Crippen molar-refractivity contribution in [3.05, 3.63) is 83.6 Å². The van der Waals surface area contributed by atoms with Crippen LogP contribution < -0.4 is 0 Å². The molecule has 0 bridgehead atoms. The highest BCUT2D eigenvalue weighted by molar-refractivity contribution is 7.90. The maximum atomic E-state index is 14.0. The Bertz CT molecular complexity index is 1660. The van der Waals surface area contributed by atoms with E-state index in [4.69, 9.17) is 9.47 Å². The number of rotatable bonds is 5. The molecular weight excluding hydrogens is 480 g/mol. The number of hydrogen-bond donors (Lipinski definition) is 0. The number of nitrogens with zero attached hydrogens (tertiary/aromatic N) is 2. The summed E-state index contributed by atoms with van der Waals surface area (Å²) >= 11 is 0. The van der Waals surface area contributed by atoms with Crippen LogP contribution >= 0.6 is 0 Å². The summed E-state index contributed by atoms with van der Waals surface area (Å²) in [6.45, 7) is 2.39. The highest BCUT2D eigenvalue weighted by atomic mass is 32.2. The lowest BCUT2D eigenvalue weighted by molar-refractivity contribution is -0.136. The second-order valence-electron chi connectivity index (χ2n) is 8.51. The summed E-state index contributed by atoms with van der Waals surface area (Å²) in [6, 6.07) is 17.6. The Hall–Kier alpha value is -4.11. The Kier molecular flexibility index (Phi) is 5.80. The molecule has 0 atom stereocenters. The Morgan fingerprint density at radius 3 is 2.36 bits per heavy atom. The topological polar surface area (TPSA) is 96.6 Å². The minimum atomic E-state index is -3.96. The van der Waals surface area contributed by atoms with Crippen LogP contribution in [0.1, 0.15) is 16.8 Å². The van der Waals surface area contributed by atoms with Gasteiger partial charge in [-0.15, -0.1) is 0 Å². The Balaban J connectivity index is 1.79. The van der Waals surface area contributed by atoms with E-state index in [1.54, 1.807) is 42.5 Å². The third-order valence-electron chi connectivity index (χ3n) is 6.45. The van der Waals surface area contributed by atoms with Gasteiger partial charge in [0.1, 0.15) is 0 Å². The van der Waals surface area contributed by atoms with Gasteiger partial charge in [0.25, 0.3) is 10.0 Å². The molecule has 0 saturated carbocycles. The molecule has 5 rings (SSSR count). The Labute approximate surface area is 208 Å². The maximum absolute atomic E-state index is 14.0. The van der Waals surface area contributed by atoms with Gasteiger partial charge < -0.3 is 14.0 Å². The summed E-state index contributed by atoms with van der Waals surface area (Å²) in [7, 11) is -1.50. The lowest BCUT2D eigenvalue weighted by Crippen LogP contribution is -2.20. The van der Waals surface area contributed by atoms with Crippen molar-refractivity contribution >= 4 is 38.4 Å². The molecule has 0 amide bonds. The minimum absolute atomic E-state index is 0.0307. The summed E-state index contributed by atoms with van der Waals surface area (Å²) in [5.41, 5.74) is 4.09. The van der Waals surface area contributed by atoms with Gasteiger partial charge in [0.2, 0.25) is 0 Å². The van der Waals surface area contributed by atoms with Crippen molar-refractivity contribution in [1.29, 1.82) is 0 Å². The number of esters is 2. The molecule has 0 N–H and O–H groups in total. The Morgan fingerprint density at radius 1 is 0.944 bits per heavy atom. The first-order valence-electron chi connectivity index (χ1n) is 11.3. The van der Waals surface area contributed by atoms with E-state index in [1.807, 2.05) is 29.7 Å². The largest absolute Gasteiger partial charge is 0.466 e. The molecule has 3 heterocycles. The normalized spacial score (nSPS) is 13.2. The molecule has 0 fully saturated rings. The number of fused-ring (bicyclic) bond motifs is 5. The zero-order valence-electron chi connectivity index (χ0n) is 20.0. The lowest BCUT2D eigenvalue weighted by Gasteiger charge is -2.22. The summed E-state index contributed by atoms with van der Waals surface area (Å²) in [5, 5.41) is 0.857. The van der Waals surface area contributed by atoms with Crippen LogP contribution in [0.4, 0.5) is 0 Å². The fourth-order valence-corrected chi connectivity index (χ4v) is 6.30. The van der Waals surface area contributed by atoms with Gasteiger partial charge in [-0.05, 0) is 49.2 Å². The number of hydrogen-bond acceptors (Lipinski definition) is 6. The zero-order valence-corrected chi connectivity index (χ0v) is 20.8. The molecule has 2 aromatic heterocycles. The van der Waals surface area contributed by atoms with Gasteiger partial charge in [-0.25, -0.2) is 22.0 Å². The van der Waals surface area contributed by atoms with E-state index in [2.05, 4.69) is 0 Å². The van der Waals surface area contributed by atoms with E-state index in [1.165, 1.54) is 18.2 Å². The van der Waals surface area contributed by atoms with Crippen molar-refractivity contribution in [2.24, 2.45) is 0 Å². The van der Waals surface area contributed by atoms with E-state index in [9.17, 15) is 18.0 Å². The van der Waals surface area contributed by atoms with Crippen LogP contribution in [0.2, 0.25) is 0 Å². The molecule has 1 aliphatic heterocycles. The number of carbonyl (C=O) groups is 2. The molecule has 0 radical (unpaired) electrons. The number of para-hydroxylation sites is 1. The van der Waals surface area contributed by atoms with E-state index >= 15 is 0 Å². The first-order chi connectivity index (χ1) is 17.3. The molecule has 184 valence electrons. The minimum Gasteiger partial charge on any atom is -0.466 e. The number of aryl methyl sites for hydroxylation is 2. The van der Waals surface area contributed by atoms with Crippen molar-refractivity contribution in [3.8, 4) is 11.4 Å². The zero-order chi connectivity index (χ0) is 25.6. The van der Waals surface area contributed by atoms with Gasteiger partial charge in [-0.3, -0.25) is 0 Å². The van der Waals surface area contributed by atoms with E-state index < -0.39 is 22.0 Å². The van der Waals surface area contributed by atoms with Crippen molar-refractivity contribution in [2.75, 3.05) is 14.2 Å². The van der Waals surface area contributed by atoms with E-state index in [0.717, 1.165) is 22.6 Å². The third kappa shape index (κ3) is 3.63. The summed E-state index contributed by atoms with van der Waals surface area (Å²) in [5.74, 6) is -1.39. The summed E-state index contributed by atoms with van der Waals surface area (Å²) in [6.07, 6.45) is 1.62. The van der Waals surface area contributed by atoms with Gasteiger partial charge in [0, 0.05) is 18.0 Å². The number of methoxy groups -OCH3 is 2. The number of aromatic nitrogens is 2. The molecule has 1 aliphatic rings. The predicted molar refractivity (Wildman–Crippen MR) is 135 cm³/mol. The molecule has 0 saturated heterocycles. The first-order valence-corrected chi connectivity index (χ1v) is 12.7. The fraction of sp³-hybridized carbons (Fsp3) is 0.185. The lowest BCUT2D eigenvalue weighted by atomic mass is 10.0. The highest BCUT2D eigenvalue weighted by Crippen LogP contribution is 2.41. The standard InChI is InChI=1S/C27H24N2O6S/c1-17-8-10-18(11-9-17)36(32,33)29-23-7-5-4-6-19(23)20-14-15-28-22(12-13-24(28)26(20)29)21(27(31)35-3)16-25(30)34-2/h4-13,16H,14-15H2,1-3H3/b21-16+. The number of ether oxygens (including phenoxy) is 2. The second kappa shape index (κ2) is 8.83. The van der Waals surface area contributed by atoms with Crippen LogP contribution in [0.15, 0.2) is 71.6 Å². The average molecular weight is 505 g/mol. The van der Waals surface area contributed by atoms with Gasteiger partial charge in [0.05, 0.1) is 47.3 Å².